The number of aryl methyl sites for hydroxylation is 2. The Morgan fingerprint density at radius 2 is 1.74 bits per heavy atom. The molecule has 0 aliphatic rings. The van der Waals surface area contributed by atoms with Gasteiger partial charge in [-0.1, -0.05) is 75.0 Å². The van der Waals surface area contributed by atoms with Gasteiger partial charge >= 0.3 is 0 Å². The largest absolute Gasteiger partial charge is 0.444 e. The number of rotatable bonds is 6. The van der Waals surface area contributed by atoms with Gasteiger partial charge in [-0.25, -0.2) is 5.10 Å². The van der Waals surface area contributed by atoms with Crippen LogP contribution in [-0.2, 0) is 10.2 Å². The minimum atomic E-state index is -0.420. The molecule has 5 rings (SSSR count). The number of aromatic amines is 1. The van der Waals surface area contributed by atoms with Crippen LogP contribution in [0.3, 0.4) is 0 Å². The van der Waals surface area contributed by atoms with E-state index in [9.17, 15) is 9.59 Å². The third kappa shape index (κ3) is 4.87. The van der Waals surface area contributed by atoms with Gasteiger partial charge < -0.3 is 4.42 Å². The number of anilines is 1. The van der Waals surface area contributed by atoms with Gasteiger partial charge in [-0.15, -0.1) is 10.2 Å². The van der Waals surface area contributed by atoms with Gasteiger partial charge in [0.25, 0.3) is 5.56 Å². The van der Waals surface area contributed by atoms with Gasteiger partial charge in [0.2, 0.25) is 11.8 Å². The Bertz CT molecular complexity index is 1680. The quantitative estimate of drug-likeness (QED) is 0.283. The van der Waals surface area contributed by atoms with Gasteiger partial charge in [-0.2, -0.15) is 5.10 Å². The van der Waals surface area contributed by atoms with Gasteiger partial charge in [-0.3, -0.25) is 19.5 Å². The van der Waals surface area contributed by atoms with Gasteiger partial charge in [0.1, 0.15) is 11.1 Å². The second-order valence-corrected chi connectivity index (χ2v) is 11.0. The van der Waals surface area contributed by atoms with Crippen LogP contribution in [0.1, 0.15) is 37.8 Å². The lowest BCUT2D eigenvalue weighted by Crippen LogP contribution is -2.17. The minimum Gasteiger partial charge on any atom is -0.444 e. The van der Waals surface area contributed by atoms with Crippen LogP contribution in [0.15, 0.2) is 69.0 Å². The number of nitrogens with one attached hydrogen (secondary N) is 2. The van der Waals surface area contributed by atoms with Crippen molar-refractivity contribution in [3.8, 4) is 17.1 Å². The van der Waals surface area contributed by atoms with Crippen LogP contribution >= 0.6 is 11.8 Å². The first-order valence-electron chi connectivity index (χ1n) is 12.2. The minimum absolute atomic E-state index is 0.0388. The van der Waals surface area contributed by atoms with E-state index in [2.05, 4.69) is 58.6 Å². The molecular formula is C28H28N6O3S. The van der Waals surface area contributed by atoms with Crippen molar-refractivity contribution in [1.29, 1.82) is 0 Å². The molecule has 3 aromatic heterocycles. The second kappa shape index (κ2) is 9.94. The highest BCUT2D eigenvalue weighted by Crippen LogP contribution is 2.31. The maximum Gasteiger partial charge on any atom is 0.277 e. The van der Waals surface area contributed by atoms with Crippen LogP contribution in [0, 0.1) is 13.8 Å². The molecule has 0 saturated carbocycles. The van der Waals surface area contributed by atoms with Gasteiger partial charge in [0.15, 0.2) is 11.0 Å². The topological polar surface area (TPSA) is 119 Å². The lowest BCUT2D eigenvalue weighted by molar-refractivity contribution is -0.113. The number of aromatic nitrogens is 5. The Morgan fingerprint density at radius 3 is 2.42 bits per heavy atom. The molecule has 2 N–H and O–H groups in total. The Labute approximate surface area is 223 Å². The summed E-state index contributed by atoms with van der Waals surface area (Å²) in [5.74, 6) is 1.01. The molecule has 1 amide bonds. The van der Waals surface area contributed by atoms with Crippen molar-refractivity contribution >= 4 is 34.3 Å². The summed E-state index contributed by atoms with van der Waals surface area (Å²) in [4.78, 5) is 25.3. The first kappa shape index (κ1) is 25.5. The molecule has 0 fully saturated rings. The van der Waals surface area contributed by atoms with E-state index in [1.807, 2.05) is 47.0 Å². The average molecular weight is 529 g/mol. The normalized spacial score (nSPS) is 11.7. The van der Waals surface area contributed by atoms with Crippen LogP contribution < -0.4 is 10.9 Å². The number of hydrogen-bond donors (Lipinski definition) is 2. The van der Waals surface area contributed by atoms with Gasteiger partial charge in [0.05, 0.1) is 16.8 Å². The molecule has 38 heavy (non-hydrogen) atoms. The number of carbonyl (C=O) groups excluding carboxylic acids is 1. The van der Waals surface area contributed by atoms with Crippen molar-refractivity contribution in [1.82, 2.24) is 25.0 Å². The number of nitrogens with zero attached hydrogens (tertiary/aromatic N) is 4. The smallest absolute Gasteiger partial charge is 0.277 e. The second-order valence-electron chi connectivity index (χ2n) is 10.0. The number of furan rings is 1. The maximum atomic E-state index is 12.9. The van der Waals surface area contributed by atoms with Crippen molar-refractivity contribution in [3.63, 3.8) is 0 Å². The third-order valence-electron chi connectivity index (χ3n) is 6.24. The number of H-pyrrole nitrogens is 1. The fourth-order valence-corrected chi connectivity index (χ4v) is 5.06. The Balaban J connectivity index is 1.42. The predicted molar refractivity (Wildman–Crippen MR) is 149 cm³/mol. The molecule has 0 bridgehead atoms. The van der Waals surface area contributed by atoms with Crippen molar-refractivity contribution < 1.29 is 9.21 Å². The van der Waals surface area contributed by atoms with Crippen LogP contribution in [0.5, 0.6) is 0 Å². The molecule has 5 aromatic rings. The maximum absolute atomic E-state index is 12.9. The number of amides is 1. The van der Waals surface area contributed by atoms with E-state index in [0.29, 0.717) is 27.8 Å². The molecule has 194 valence electrons. The number of thioether (sulfide) groups is 1. The van der Waals surface area contributed by atoms with Crippen LogP contribution in [-0.4, -0.2) is 36.6 Å². The molecule has 0 aliphatic heterocycles. The molecule has 0 saturated heterocycles. The molecule has 9 nitrogen and oxygen atoms in total. The van der Waals surface area contributed by atoms with E-state index in [0.717, 1.165) is 11.3 Å². The highest BCUT2D eigenvalue weighted by atomic mass is 32.2. The standard InChI is InChI=1S/C28H28N6O3S/c1-16-22-17(2)37-26(23(22)25(36)32-30-16)29-21(35)15-38-27-33-31-24(34(27)20-9-7-6-8-10-20)18-11-13-19(14-12-18)28(3,4)5/h6-14H,15H2,1-5H3,(H,29,35)(H,32,36). The van der Waals surface area contributed by atoms with Crippen molar-refractivity contribution in [2.45, 2.75) is 45.2 Å². The van der Waals surface area contributed by atoms with Crippen molar-refractivity contribution in [2.24, 2.45) is 0 Å². The number of carbonyl (C=O) groups is 1. The number of benzene rings is 2. The molecule has 0 unspecified atom stereocenters. The summed E-state index contributed by atoms with van der Waals surface area (Å²) in [6.45, 7) is 10.0. The van der Waals surface area contributed by atoms with Gasteiger partial charge in [0, 0.05) is 11.3 Å². The summed E-state index contributed by atoms with van der Waals surface area (Å²) in [5, 5.41) is 19.5. The zero-order valence-electron chi connectivity index (χ0n) is 21.8. The van der Waals surface area contributed by atoms with Crippen LogP contribution in [0.4, 0.5) is 5.88 Å². The van der Waals surface area contributed by atoms with E-state index in [4.69, 9.17) is 4.42 Å². The molecule has 0 atom stereocenters. The summed E-state index contributed by atoms with van der Waals surface area (Å²) in [6, 6.07) is 18.1. The third-order valence-corrected chi connectivity index (χ3v) is 7.17. The monoisotopic (exact) mass is 528 g/mol. The van der Waals surface area contributed by atoms with E-state index < -0.39 is 5.56 Å². The Hall–Kier alpha value is -4.18. The molecule has 0 aliphatic carbocycles. The zero-order chi connectivity index (χ0) is 27.0. The molecule has 2 aromatic carbocycles. The van der Waals surface area contributed by atoms with Crippen LogP contribution in [0.2, 0.25) is 0 Å². The molecule has 3 heterocycles. The number of para-hydroxylation sites is 1. The summed E-state index contributed by atoms with van der Waals surface area (Å²) in [5.41, 5.74) is 3.27. The summed E-state index contributed by atoms with van der Waals surface area (Å²) in [6.07, 6.45) is 0. The lowest BCUT2D eigenvalue weighted by atomic mass is 9.87. The molecule has 0 spiro atoms. The first-order chi connectivity index (χ1) is 18.1. The van der Waals surface area contributed by atoms with E-state index >= 15 is 0 Å². The lowest BCUT2D eigenvalue weighted by Gasteiger charge is -2.19. The molecule has 0 radical (unpaired) electrons. The van der Waals surface area contributed by atoms with E-state index in [-0.39, 0.29) is 28.3 Å². The molecule has 10 heteroatoms. The van der Waals surface area contributed by atoms with E-state index in [1.165, 1.54) is 17.3 Å². The average Bonchev–Trinajstić information content (AvgIpc) is 3.46. The van der Waals surface area contributed by atoms with Crippen LogP contribution in [0.25, 0.3) is 27.8 Å². The highest BCUT2D eigenvalue weighted by Gasteiger charge is 2.21. The predicted octanol–water partition coefficient (Wildman–Crippen LogP) is 5.41. The fourth-order valence-electron chi connectivity index (χ4n) is 4.30. The summed E-state index contributed by atoms with van der Waals surface area (Å²) in [7, 11) is 0. The summed E-state index contributed by atoms with van der Waals surface area (Å²) < 4.78 is 7.64. The van der Waals surface area contributed by atoms with Crippen molar-refractivity contribution in [3.05, 3.63) is 82.0 Å². The zero-order valence-corrected chi connectivity index (χ0v) is 22.6. The van der Waals surface area contributed by atoms with E-state index in [1.54, 1.807) is 13.8 Å². The van der Waals surface area contributed by atoms with Crippen molar-refractivity contribution in [2.75, 3.05) is 11.1 Å². The number of fused-ring (bicyclic) bond motifs is 1. The SMILES string of the molecule is Cc1n[nH]c(=O)c2c(NC(=O)CSc3nnc(-c4ccc(C(C)(C)C)cc4)n3-c3ccccc3)oc(C)c12. The molecular weight excluding hydrogens is 500 g/mol. The summed E-state index contributed by atoms with van der Waals surface area (Å²) >= 11 is 1.25. The van der Waals surface area contributed by atoms with Gasteiger partial charge in [-0.05, 0) is 37.0 Å². The highest BCUT2D eigenvalue weighted by molar-refractivity contribution is 7.99. The number of hydrogen-bond acceptors (Lipinski definition) is 7. The Kier molecular flexibility index (Phi) is 6.66. The Morgan fingerprint density at radius 1 is 1.03 bits per heavy atom. The first-order valence-corrected chi connectivity index (χ1v) is 13.1. The fraction of sp³-hybridized carbons (Fsp3) is 0.250.